The highest BCUT2D eigenvalue weighted by atomic mass is 16.5. The summed E-state index contributed by atoms with van der Waals surface area (Å²) in [4.78, 5) is 27.7. The number of ether oxygens (including phenoxy) is 1. The van der Waals surface area contributed by atoms with E-state index < -0.39 is 0 Å². The Balaban J connectivity index is 1.27. The molecule has 4 aromatic rings. The Labute approximate surface area is 208 Å². The number of para-hydroxylation sites is 1. The molecule has 1 spiro atoms. The van der Waals surface area contributed by atoms with Crippen molar-refractivity contribution in [3.05, 3.63) is 67.1 Å². The fourth-order valence-electron chi connectivity index (χ4n) is 5.34. The number of amides is 1. The average Bonchev–Trinajstić information content (AvgIpc) is 3.23. The first-order chi connectivity index (χ1) is 17.6. The van der Waals surface area contributed by atoms with Gasteiger partial charge in [-0.05, 0) is 50.1 Å². The first kappa shape index (κ1) is 22.2. The molecule has 0 unspecified atom stereocenters. The Hall–Kier alpha value is -4.27. The van der Waals surface area contributed by atoms with Crippen LogP contribution in [0.1, 0.15) is 25.8 Å². The zero-order valence-corrected chi connectivity index (χ0v) is 20.3. The molecular formula is C27H27N7O2. The number of carbonyl (C=O) groups excluding carboxylic acids is 1. The number of hydrogen-bond donors (Lipinski definition) is 1. The summed E-state index contributed by atoms with van der Waals surface area (Å²) < 4.78 is 7.92. The van der Waals surface area contributed by atoms with Crippen LogP contribution >= 0.6 is 0 Å². The third-order valence-corrected chi connectivity index (χ3v) is 7.04. The van der Waals surface area contributed by atoms with Gasteiger partial charge in [0.1, 0.15) is 29.3 Å². The number of nitrogens with one attached hydrogen (secondary N) is 1. The van der Waals surface area contributed by atoms with Gasteiger partial charge in [0, 0.05) is 25.6 Å². The van der Waals surface area contributed by atoms with E-state index in [0.29, 0.717) is 11.6 Å². The Kier molecular flexibility index (Phi) is 5.40. The number of rotatable bonds is 6. The van der Waals surface area contributed by atoms with Crippen LogP contribution in [0.5, 0.6) is 11.5 Å². The quantitative estimate of drug-likeness (QED) is 0.406. The highest BCUT2D eigenvalue weighted by Crippen LogP contribution is 2.54. The zero-order chi connectivity index (χ0) is 24.7. The van der Waals surface area contributed by atoms with E-state index in [1.165, 1.54) is 0 Å². The van der Waals surface area contributed by atoms with Crippen LogP contribution in [0, 0.1) is 5.41 Å². The second-order valence-corrected chi connectivity index (χ2v) is 9.51. The van der Waals surface area contributed by atoms with E-state index in [2.05, 4.69) is 20.3 Å². The van der Waals surface area contributed by atoms with E-state index in [4.69, 9.17) is 9.84 Å². The largest absolute Gasteiger partial charge is 0.456 e. The van der Waals surface area contributed by atoms with Gasteiger partial charge in [-0.2, -0.15) is 5.10 Å². The number of likely N-dealkylation sites (tertiary alicyclic amines) is 1. The van der Waals surface area contributed by atoms with Crippen molar-refractivity contribution in [1.29, 1.82) is 0 Å². The molecule has 1 saturated heterocycles. The fraction of sp³-hybridized carbons (Fsp3) is 0.296. The van der Waals surface area contributed by atoms with Crippen LogP contribution < -0.4 is 10.1 Å². The maximum Gasteiger partial charge on any atom is 0.246 e. The van der Waals surface area contributed by atoms with Crippen molar-refractivity contribution >= 4 is 22.8 Å². The van der Waals surface area contributed by atoms with Gasteiger partial charge in [0.05, 0.1) is 23.3 Å². The summed E-state index contributed by atoms with van der Waals surface area (Å²) in [5.74, 6) is 2.22. The fourth-order valence-corrected chi connectivity index (χ4v) is 5.34. The van der Waals surface area contributed by atoms with Gasteiger partial charge >= 0.3 is 0 Å². The molecular weight excluding hydrogens is 454 g/mol. The van der Waals surface area contributed by atoms with Gasteiger partial charge in [0.15, 0.2) is 5.65 Å². The van der Waals surface area contributed by atoms with Crippen molar-refractivity contribution in [3.8, 4) is 22.9 Å². The maximum absolute atomic E-state index is 12.1. The number of allylic oxidation sites excluding steroid dienone is 1. The molecule has 1 aliphatic carbocycles. The molecule has 1 saturated carbocycles. The maximum atomic E-state index is 12.1. The van der Waals surface area contributed by atoms with Gasteiger partial charge < -0.3 is 15.0 Å². The Bertz CT molecular complexity index is 1430. The van der Waals surface area contributed by atoms with Crippen LogP contribution in [0.3, 0.4) is 0 Å². The van der Waals surface area contributed by atoms with Crippen molar-refractivity contribution < 1.29 is 9.53 Å². The molecule has 1 aromatic carbocycles. The molecule has 1 N–H and O–H groups in total. The number of carbonyl (C=O) groups is 1. The first-order valence-corrected chi connectivity index (χ1v) is 12.1. The van der Waals surface area contributed by atoms with Crippen LogP contribution in [-0.2, 0) is 4.79 Å². The lowest BCUT2D eigenvalue weighted by Gasteiger charge is -2.58. The van der Waals surface area contributed by atoms with Gasteiger partial charge in [-0.25, -0.2) is 14.6 Å². The number of benzene rings is 1. The number of pyridine rings is 1. The molecule has 0 bridgehead atoms. The lowest BCUT2D eigenvalue weighted by atomic mass is 9.60. The van der Waals surface area contributed by atoms with E-state index in [1.807, 2.05) is 66.0 Å². The smallest absolute Gasteiger partial charge is 0.246 e. The normalized spacial score (nSPS) is 16.8. The predicted molar refractivity (Wildman–Crippen MR) is 137 cm³/mol. The Morgan fingerprint density at radius 2 is 1.89 bits per heavy atom. The topological polar surface area (TPSA) is 98.1 Å². The highest BCUT2D eigenvalue weighted by Gasteiger charge is 2.54. The summed E-state index contributed by atoms with van der Waals surface area (Å²) in [6.45, 7) is 3.48. The van der Waals surface area contributed by atoms with Gasteiger partial charge in [0.25, 0.3) is 0 Å². The second kappa shape index (κ2) is 8.75. The van der Waals surface area contributed by atoms with E-state index in [0.717, 1.165) is 54.1 Å². The number of nitrogens with zero attached hydrogens (tertiary/aromatic N) is 6. The summed E-state index contributed by atoms with van der Waals surface area (Å²) in [5.41, 5.74) is 2.44. The summed E-state index contributed by atoms with van der Waals surface area (Å²) in [6.07, 6.45) is 8.64. The number of hydrogen-bond acceptors (Lipinski definition) is 7. The minimum absolute atomic E-state index is 0.0931. The van der Waals surface area contributed by atoms with Crippen molar-refractivity contribution in [3.63, 3.8) is 0 Å². The van der Waals surface area contributed by atoms with Gasteiger partial charge in [-0.3, -0.25) is 9.78 Å². The number of aromatic nitrogens is 5. The Morgan fingerprint density at radius 3 is 2.58 bits per heavy atom. The van der Waals surface area contributed by atoms with E-state index >= 15 is 0 Å². The van der Waals surface area contributed by atoms with Crippen molar-refractivity contribution in [2.24, 2.45) is 5.41 Å². The summed E-state index contributed by atoms with van der Waals surface area (Å²) in [6, 6.07) is 13.7. The lowest BCUT2D eigenvalue weighted by molar-refractivity contribution is -0.148. The van der Waals surface area contributed by atoms with Crippen molar-refractivity contribution in [1.82, 2.24) is 29.6 Å². The number of fused-ring (bicyclic) bond motifs is 1. The third kappa shape index (κ3) is 3.77. The number of anilines is 1. The Morgan fingerprint density at radius 1 is 1.08 bits per heavy atom. The van der Waals surface area contributed by atoms with Gasteiger partial charge in [0.2, 0.25) is 5.91 Å². The van der Waals surface area contributed by atoms with Crippen LogP contribution in [0.4, 0.5) is 5.82 Å². The molecule has 3 aromatic heterocycles. The molecule has 4 heterocycles. The van der Waals surface area contributed by atoms with E-state index in [-0.39, 0.29) is 17.4 Å². The van der Waals surface area contributed by atoms with Crippen molar-refractivity contribution in [2.45, 2.75) is 25.8 Å². The minimum atomic E-state index is 0.0931. The van der Waals surface area contributed by atoms with E-state index in [9.17, 15) is 4.79 Å². The summed E-state index contributed by atoms with van der Waals surface area (Å²) >= 11 is 0. The molecule has 2 aliphatic rings. The second-order valence-electron chi connectivity index (χ2n) is 9.51. The monoisotopic (exact) mass is 481 g/mol. The lowest BCUT2D eigenvalue weighted by Crippen LogP contribution is -2.63. The molecule has 9 heteroatoms. The molecule has 1 amide bonds. The van der Waals surface area contributed by atoms with Crippen molar-refractivity contribution in [2.75, 3.05) is 25.5 Å². The first-order valence-electron chi connectivity index (χ1n) is 12.1. The van der Waals surface area contributed by atoms with Crippen LogP contribution in [-0.4, -0.2) is 55.7 Å². The standard InChI is InChI=1S/C27H27N7O2/c1-3-7-22(35)33-15-27(16-33)12-18(13-27)34-26-23(25(28-2)30-17-31-26)24(32-34)21-11-10-20(14-29-21)36-19-8-5-4-6-9-19/h3-11,14,17-18H,12-13,15-16H2,1-2H3,(H,28,30,31)/b7-3+. The van der Waals surface area contributed by atoms with E-state index in [1.54, 1.807) is 24.7 Å². The molecule has 9 nitrogen and oxygen atoms in total. The summed E-state index contributed by atoms with van der Waals surface area (Å²) in [5, 5.41) is 9.01. The van der Waals surface area contributed by atoms with Crippen LogP contribution in [0.2, 0.25) is 0 Å². The zero-order valence-electron chi connectivity index (χ0n) is 20.3. The molecule has 0 atom stereocenters. The molecule has 36 heavy (non-hydrogen) atoms. The summed E-state index contributed by atoms with van der Waals surface area (Å²) in [7, 11) is 1.84. The van der Waals surface area contributed by atoms with Gasteiger partial charge in [-0.15, -0.1) is 0 Å². The molecule has 0 radical (unpaired) electrons. The molecule has 6 rings (SSSR count). The molecule has 182 valence electrons. The highest BCUT2D eigenvalue weighted by molar-refractivity contribution is 5.98. The molecule has 2 fully saturated rings. The third-order valence-electron chi connectivity index (χ3n) is 7.04. The molecule has 1 aliphatic heterocycles. The predicted octanol–water partition coefficient (Wildman–Crippen LogP) is 4.46. The minimum Gasteiger partial charge on any atom is -0.456 e. The van der Waals surface area contributed by atoms with Crippen LogP contribution in [0.25, 0.3) is 22.4 Å². The average molecular weight is 482 g/mol. The SMILES string of the molecule is C/C=C/C(=O)N1CC2(CC(n3nc(-c4ccc(Oc5ccccc5)cn4)c4c(NC)ncnc43)C2)C1. The van der Waals surface area contributed by atoms with Crippen LogP contribution in [0.15, 0.2) is 67.1 Å². The van der Waals surface area contributed by atoms with Gasteiger partial charge in [-0.1, -0.05) is 24.3 Å².